The number of para-hydroxylation sites is 1. The summed E-state index contributed by atoms with van der Waals surface area (Å²) in [6.07, 6.45) is 1.42. The first-order valence-electron chi connectivity index (χ1n) is 6.42. The van der Waals surface area contributed by atoms with E-state index in [9.17, 15) is 4.79 Å². The third kappa shape index (κ3) is 3.78. The zero-order chi connectivity index (χ0) is 14.4. The molecular formula is C13H18N6O. The summed E-state index contributed by atoms with van der Waals surface area (Å²) in [6, 6.07) is 10.2. The maximum absolute atomic E-state index is 11.7. The van der Waals surface area contributed by atoms with E-state index in [-0.39, 0.29) is 18.5 Å². The summed E-state index contributed by atoms with van der Waals surface area (Å²) < 4.78 is 1.39. The molecule has 0 saturated carbocycles. The monoisotopic (exact) mass is 274 g/mol. The Morgan fingerprint density at radius 3 is 2.80 bits per heavy atom. The lowest BCUT2D eigenvalue weighted by molar-refractivity contribution is -0.121. The van der Waals surface area contributed by atoms with E-state index in [2.05, 4.69) is 32.7 Å². The topological polar surface area (TPSA) is 75.9 Å². The first kappa shape index (κ1) is 14.0. The van der Waals surface area contributed by atoms with Crippen molar-refractivity contribution in [3.63, 3.8) is 0 Å². The van der Waals surface area contributed by atoms with Gasteiger partial charge < -0.3 is 10.2 Å². The van der Waals surface area contributed by atoms with Crippen LogP contribution in [-0.2, 0) is 11.3 Å². The minimum Gasteiger partial charge on any atom is -0.370 e. The molecule has 0 saturated heterocycles. The van der Waals surface area contributed by atoms with Gasteiger partial charge in [-0.05, 0) is 29.5 Å². The number of nitrogens with one attached hydrogen (secondary N) is 1. The van der Waals surface area contributed by atoms with Crippen LogP contribution in [0.2, 0.25) is 0 Å². The normalized spacial score (nSPS) is 11.9. The molecule has 7 nitrogen and oxygen atoms in total. The molecule has 0 aliphatic rings. The van der Waals surface area contributed by atoms with Gasteiger partial charge in [0.1, 0.15) is 12.9 Å². The van der Waals surface area contributed by atoms with Crippen molar-refractivity contribution >= 4 is 11.6 Å². The van der Waals surface area contributed by atoms with Crippen LogP contribution in [0.1, 0.15) is 6.92 Å². The Labute approximate surface area is 117 Å². The number of hydrogen-bond acceptors (Lipinski definition) is 5. The summed E-state index contributed by atoms with van der Waals surface area (Å²) in [6.45, 7) is 2.76. The van der Waals surface area contributed by atoms with Gasteiger partial charge in [-0.2, -0.15) is 0 Å². The van der Waals surface area contributed by atoms with Gasteiger partial charge in [0.25, 0.3) is 0 Å². The van der Waals surface area contributed by atoms with Gasteiger partial charge >= 0.3 is 0 Å². The predicted molar refractivity (Wildman–Crippen MR) is 75.1 cm³/mol. The molecule has 1 aromatic heterocycles. The quantitative estimate of drug-likeness (QED) is 0.820. The molecule has 1 atom stereocenters. The number of carbonyl (C=O) groups excluding carboxylic acids is 1. The fraction of sp³-hybridized carbons (Fsp3) is 0.385. The second kappa shape index (κ2) is 6.65. The molecule has 0 aliphatic heterocycles. The maximum atomic E-state index is 11.7. The highest BCUT2D eigenvalue weighted by atomic mass is 16.2. The molecule has 20 heavy (non-hydrogen) atoms. The zero-order valence-electron chi connectivity index (χ0n) is 11.6. The molecule has 0 radical (unpaired) electrons. The molecular weight excluding hydrogens is 256 g/mol. The lowest BCUT2D eigenvalue weighted by atomic mass is 10.2. The van der Waals surface area contributed by atoms with E-state index in [1.54, 1.807) is 0 Å². The summed E-state index contributed by atoms with van der Waals surface area (Å²) in [5.41, 5.74) is 1.12. The Kier molecular flexibility index (Phi) is 4.65. The number of benzene rings is 1. The second-order valence-corrected chi connectivity index (χ2v) is 4.61. The summed E-state index contributed by atoms with van der Waals surface area (Å²) >= 11 is 0. The molecule has 1 amide bonds. The van der Waals surface area contributed by atoms with Gasteiger partial charge in [0, 0.05) is 25.3 Å². The van der Waals surface area contributed by atoms with Crippen LogP contribution in [0.5, 0.6) is 0 Å². The van der Waals surface area contributed by atoms with Gasteiger partial charge in [0.2, 0.25) is 5.91 Å². The average Bonchev–Trinajstić information content (AvgIpc) is 2.97. The van der Waals surface area contributed by atoms with Crippen molar-refractivity contribution < 1.29 is 4.79 Å². The first-order valence-corrected chi connectivity index (χ1v) is 6.42. The van der Waals surface area contributed by atoms with Crippen molar-refractivity contribution in [2.75, 3.05) is 18.5 Å². The van der Waals surface area contributed by atoms with Crippen LogP contribution in [0.3, 0.4) is 0 Å². The Bertz CT molecular complexity index is 527. The van der Waals surface area contributed by atoms with Gasteiger partial charge in [-0.15, -0.1) is 5.10 Å². The highest BCUT2D eigenvalue weighted by Gasteiger charge is 2.11. The van der Waals surface area contributed by atoms with Crippen molar-refractivity contribution in [2.45, 2.75) is 19.5 Å². The Morgan fingerprint density at radius 2 is 2.15 bits per heavy atom. The number of carbonyl (C=O) groups is 1. The van der Waals surface area contributed by atoms with E-state index < -0.39 is 0 Å². The lowest BCUT2D eigenvalue weighted by Gasteiger charge is -2.27. The summed E-state index contributed by atoms with van der Waals surface area (Å²) in [5.74, 6) is -0.106. The molecule has 1 heterocycles. The molecule has 106 valence electrons. The van der Waals surface area contributed by atoms with Crippen LogP contribution in [0, 0.1) is 0 Å². The van der Waals surface area contributed by atoms with E-state index in [0.29, 0.717) is 6.54 Å². The van der Waals surface area contributed by atoms with Crippen LogP contribution < -0.4 is 10.2 Å². The first-order chi connectivity index (χ1) is 9.66. The van der Waals surface area contributed by atoms with Gasteiger partial charge in [0.05, 0.1) is 0 Å². The van der Waals surface area contributed by atoms with Crippen molar-refractivity contribution in [1.82, 2.24) is 25.5 Å². The van der Waals surface area contributed by atoms with Gasteiger partial charge in [-0.1, -0.05) is 18.2 Å². The van der Waals surface area contributed by atoms with Crippen molar-refractivity contribution in [3.8, 4) is 0 Å². The van der Waals surface area contributed by atoms with Crippen LogP contribution in [0.15, 0.2) is 36.7 Å². The van der Waals surface area contributed by atoms with Crippen molar-refractivity contribution in [3.05, 3.63) is 36.7 Å². The van der Waals surface area contributed by atoms with E-state index in [4.69, 9.17) is 0 Å². The average molecular weight is 274 g/mol. The molecule has 1 N–H and O–H groups in total. The highest BCUT2D eigenvalue weighted by Crippen LogP contribution is 2.13. The number of rotatable bonds is 6. The Balaban J connectivity index is 1.80. The second-order valence-electron chi connectivity index (χ2n) is 4.61. The van der Waals surface area contributed by atoms with Crippen LogP contribution in [-0.4, -0.2) is 45.7 Å². The summed E-state index contributed by atoms with van der Waals surface area (Å²) in [7, 11) is 2.01. The highest BCUT2D eigenvalue weighted by molar-refractivity contribution is 5.75. The minimum atomic E-state index is -0.106. The van der Waals surface area contributed by atoms with Crippen molar-refractivity contribution in [2.24, 2.45) is 0 Å². The fourth-order valence-corrected chi connectivity index (χ4v) is 1.77. The molecule has 7 heteroatoms. The molecule has 2 aromatic rings. The zero-order valence-corrected chi connectivity index (χ0v) is 11.6. The number of likely N-dealkylation sites (N-methyl/N-ethyl adjacent to an activating group) is 1. The molecule has 0 fully saturated rings. The van der Waals surface area contributed by atoms with Crippen LogP contribution in [0.4, 0.5) is 5.69 Å². The SMILES string of the molecule is C[C@@H](CNC(=O)Cn1cnnn1)N(C)c1ccccc1. The minimum absolute atomic E-state index is 0.106. The Morgan fingerprint density at radius 1 is 1.40 bits per heavy atom. The molecule has 0 spiro atoms. The third-order valence-corrected chi connectivity index (χ3v) is 3.12. The number of aromatic nitrogens is 4. The number of tetrazole rings is 1. The number of nitrogens with zero attached hydrogens (tertiary/aromatic N) is 5. The standard InChI is InChI=1S/C13H18N6O/c1-11(18(2)12-6-4-3-5-7-12)8-14-13(20)9-19-10-15-16-17-19/h3-7,10-11H,8-9H2,1-2H3,(H,14,20)/t11-/m0/s1. The Hall–Kier alpha value is -2.44. The van der Waals surface area contributed by atoms with E-state index in [1.807, 2.05) is 37.4 Å². The number of amides is 1. The van der Waals surface area contributed by atoms with Gasteiger partial charge in [-0.3, -0.25) is 4.79 Å². The number of hydrogen-bond donors (Lipinski definition) is 1. The molecule has 1 aromatic carbocycles. The van der Waals surface area contributed by atoms with E-state index >= 15 is 0 Å². The molecule has 0 aliphatic carbocycles. The largest absolute Gasteiger partial charge is 0.370 e. The van der Waals surface area contributed by atoms with E-state index in [1.165, 1.54) is 11.0 Å². The molecule has 0 unspecified atom stereocenters. The maximum Gasteiger partial charge on any atom is 0.241 e. The summed E-state index contributed by atoms with van der Waals surface area (Å²) in [4.78, 5) is 13.9. The van der Waals surface area contributed by atoms with E-state index in [0.717, 1.165) is 5.69 Å². The third-order valence-electron chi connectivity index (χ3n) is 3.12. The lowest BCUT2D eigenvalue weighted by Crippen LogP contribution is -2.41. The van der Waals surface area contributed by atoms with Gasteiger partial charge in [0.15, 0.2) is 0 Å². The van der Waals surface area contributed by atoms with Crippen LogP contribution in [0.25, 0.3) is 0 Å². The number of anilines is 1. The predicted octanol–water partition coefficient (Wildman–Crippen LogP) is 0.314. The molecule has 0 bridgehead atoms. The molecule has 2 rings (SSSR count). The summed E-state index contributed by atoms with van der Waals surface area (Å²) in [5, 5.41) is 13.5. The van der Waals surface area contributed by atoms with Crippen LogP contribution >= 0.6 is 0 Å². The van der Waals surface area contributed by atoms with Gasteiger partial charge in [-0.25, -0.2) is 4.68 Å². The van der Waals surface area contributed by atoms with Crippen molar-refractivity contribution in [1.29, 1.82) is 0 Å². The smallest absolute Gasteiger partial charge is 0.241 e. The fourth-order valence-electron chi connectivity index (χ4n) is 1.77.